The number of carbonyl (C=O) groups excluding carboxylic acids is 2. The molecule has 130 valence electrons. The summed E-state index contributed by atoms with van der Waals surface area (Å²) >= 11 is 0. The van der Waals surface area contributed by atoms with Crippen LogP contribution in [0, 0.1) is 6.92 Å². The van der Waals surface area contributed by atoms with Gasteiger partial charge in [-0.2, -0.15) is 0 Å². The van der Waals surface area contributed by atoms with Crippen LogP contribution in [0.5, 0.6) is 0 Å². The highest BCUT2D eigenvalue weighted by atomic mass is 16.2. The Balaban J connectivity index is 1.50. The molecule has 2 heterocycles. The SMILES string of the molecule is Cc1ccc(N2C[C@H](NC(=O)NN3CCN(C)CC3)CC2=O)cc1. The first kappa shape index (κ1) is 16.7. The molecule has 7 heteroatoms. The zero-order valence-corrected chi connectivity index (χ0v) is 14.3. The average molecular weight is 331 g/mol. The number of hydrazine groups is 1. The minimum atomic E-state index is -0.233. The van der Waals surface area contributed by atoms with Crippen molar-refractivity contribution >= 4 is 17.6 Å². The number of rotatable bonds is 3. The van der Waals surface area contributed by atoms with Crippen molar-refractivity contribution in [1.82, 2.24) is 20.7 Å². The number of nitrogens with one attached hydrogen (secondary N) is 2. The lowest BCUT2D eigenvalue weighted by atomic mass is 10.2. The number of amides is 3. The molecule has 2 aliphatic heterocycles. The summed E-state index contributed by atoms with van der Waals surface area (Å²) in [4.78, 5) is 28.3. The third kappa shape index (κ3) is 4.04. The van der Waals surface area contributed by atoms with E-state index in [0.717, 1.165) is 37.4 Å². The van der Waals surface area contributed by atoms with Crippen molar-refractivity contribution in [3.8, 4) is 0 Å². The number of benzene rings is 1. The van der Waals surface area contributed by atoms with Crippen molar-refractivity contribution in [3.05, 3.63) is 29.8 Å². The lowest BCUT2D eigenvalue weighted by Gasteiger charge is -2.32. The second-order valence-electron chi connectivity index (χ2n) is 6.62. The molecule has 0 spiro atoms. The van der Waals surface area contributed by atoms with E-state index in [-0.39, 0.29) is 18.0 Å². The van der Waals surface area contributed by atoms with Crippen LogP contribution in [0.15, 0.2) is 24.3 Å². The van der Waals surface area contributed by atoms with E-state index >= 15 is 0 Å². The van der Waals surface area contributed by atoms with E-state index in [4.69, 9.17) is 0 Å². The Morgan fingerprint density at radius 2 is 1.79 bits per heavy atom. The highest BCUT2D eigenvalue weighted by Gasteiger charge is 2.31. The molecular weight excluding hydrogens is 306 g/mol. The maximum atomic E-state index is 12.2. The lowest BCUT2D eigenvalue weighted by Crippen LogP contribution is -2.56. The van der Waals surface area contributed by atoms with E-state index in [2.05, 4.69) is 22.7 Å². The molecule has 7 nitrogen and oxygen atoms in total. The average Bonchev–Trinajstić information content (AvgIpc) is 2.90. The molecule has 0 unspecified atom stereocenters. The molecule has 3 amide bonds. The predicted octanol–water partition coefficient (Wildman–Crippen LogP) is 0.562. The van der Waals surface area contributed by atoms with Gasteiger partial charge in [0.05, 0.1) is 6.04 Å². The number of urea groups is 1. The number of likely N-dealkylation sites (N-methyl/N-ethyl adjacent to an activating group) is 1. The number of nitrogens with zero attached hydrogens (tertiary/aromatic N) is 3. The zero-order valence-electron chi connectivity index (χ0n) is 14.3. The van der Waals surface area contributed by atoms with Crippen LogP contribution in [0.2, 0.25) is 0 Å². The quantitative estimate of drug-likeness (QED) is 0.849. The van der Waals surface area contributed by atoms with Gasteiger partial charge in [0.2, 0.25) is 5.91 Å². The molecule has 2 aliphatic rings. The Morgan fingerprint density at radius 3 is 2.46 bits per heavy atom. The molecule has 2 fully saturated rings. The van der Waals surface area contributed by atoms with Gasteiger partial charge in [0, 0.05) is 44.8 Å². The first-order chi connectivity index (χ1) is 11.5. The van der Waals surface area contributed by atoms with Crippen LogP contribution in [-0.4, -0.2) is 67.7 Å². The van der Waals surface area contributed by atoms with Crippen molar-refractivity contribution in [3.63, 3.8) is 0 Å². The van der Waals surface area contributed by atoms with Crippen LogP contribution in [0.3, 0.4) is 0 Å². The number of anilines is 1. The topological polar surface area (TPSA) is 67.9 Å². The Kier molecular flexibility index (Phi) is 5.01. The fourth-order valence-corrected chi connectivity index (χ4v) is 3.06. The van der Waals surface area contributed by atoms with Crippen molar-refractivity contribution in [2.24, 2.45) is 0 Å². The molecule has 3 rings (SSSR count). The standard InChI is InChI=1S/C17H25N5O2/c1-13-3-5-15(6-4-13)22-12-14(11-16(22)23)18-17(24)19-21-9-7-20(2)8-10-21/h3-6,14H,7-12H2,1-2H3,(H2,18,19,24)/t14-/m1/s1. The van der Waals surface area contributed by atoms with Gasteiger partial charge in [-0.25, -0.2) is 9.80 Å². The summed E-state index contributed by atoms with van der Waals surface area (Å²) in [6, 6.07) is 7.47. The van der Waals surface area contributed by atoms with E-state index in [1.54, 1.807) is 4.90 Å². The molecule has 0 aromatic heterocycles. The fourth-order valence-electron chi connectivity index (χ4n) is 3.06. The summed E-state index contributed by atoms with van der Waals surface area (Å²) in [6.07, 6.45) is 0.337. The van der Waals surface area contributed by atoms with Gasteiger partial charge in [0.15, 0.2) is 0 Å². The van der Waals surface area contributed by atoms with Crippen molar-refractivity contribution in [1.29, 1.82) is 0 Å². The molecule has 24 heavy (non-hydrogen) atoms. The Bertz CT molecular complexity index is 596. The minimum absolute atomic E-state index is 0.0451. The van der Waals surface area contributed by atoms with Gasteiger partial charge < -0.3 is 15.1 Å². The fraction of sp³-hybridized carbons (Fsp3) is 0.529. The van der Waals surface area contributed by atoms with Crippen molar-refractivity contribution < 1.29 is 9.59 Å². The zero-order chi connectivity index (χ0) is 17.1. The maximum Gasteiger partial charge on any atom is 0.329 e. The first-order valence-corrected chi connectivity index (χ1v) is 8.39. The number of aryl methyl sites for hydroxylation is 1. The Hall–Kier alpha value is -2.12. The van der Waals surface area contributed by atoms with Gasteiger partial charge >= 0.3 is 6.03 Å². The minimum Gasteiger partial charge on any atom is -0.332 e. The smallest absolute Gasteiger partial charge is 0.329 e. The molecular formula is C17H25N5O2. The second kappa shape index (κ2) is 7.19. The molecule has 0 saturated carbocycles. The van der Waals surface area contributed by atoms with Gasteiger partial charge in [-0.15, -0.1) is 0 Å². The van der Waals surface area contributed by atoms with Crippen molar-refractivity contribution in [2.45, 2.75) is 19.4 Å². The third-order valence-corrected chi connectivity index (χ3v) is 4.57. The maximum absolute atomic E-state index is 12.2. The van der Waals surface area contributed by atoms with Crippen LogP contribution < -0.4 is 15.6 Å². The van der Waals surface area contributed by atoms with Crippen LogP contribution in [0.4, 0.5) is 10.5 Å². The lowest BCUT2D eigenvalue weighted by molar-refractivity contribution is -0.117. The second-order valence-corrected chi connectivity index (χ2v) is 6.62. The summed E-state index contributed by atoms with van der Waals surface area (Å²) in [6.45, 7) is 6.01. The van der Waals surface area contributed by atoms with Crippen LogP contribution in [-0.2, 0) is 4.79 Å². The number of carbonyl (C=O) groups is 2. The van der Waals surface area contributed by atoms with Gasteiger partial charge in [0.1, 0.15) is 0 Å². The largest absolute Gasteiger partial charge is 0.332 e. The molecule has 1 aromatic rings. The molecule has 0 bridgehead atoms. The van der Waals surface area contributed by atoms with Gasteiger partial charge in [-0.1, -0.05) is 17.7 Å². The normalized spacial score (nSPS) is 22.7. The summed E-state index contributed by atoms with van der Waals surface area (Å²) in [5, 5.41) is 4.83. The summed E-state index contributed by atoms with van der Waals surface area (Å²) in [5.41, 5.74) is 4.91. The molecule has 2 N–H and O–H groups in total. The number of hydrogen-bond acceptors (Lipinski definition) is 4. The number of hydrogen-bond donors (Lipinski definition) is 2. The van der Waals surface area contributed by atoms with Crippen molar-refractivity contribution in [2.75, 3.05) is 44.7 Å². The van der Waals surface area contributed by atoms with Gasteiger partial charge in [-0.05, 0) is 26.1 Å². The molecule has 0 aliphatic carbocycles. The third-order valence-electron chi connectivity index (χ3n) is 4.57. The molecule has 2 saturated heterocycles. The highest BCUT2D eigenvalue weighted by Crippen LogP contribution is 2.21. The van der Waals surface area contributed by atoms with E-state index in [1.165, 1.54) is 0 Å². The Labute approximate surface area is 142 Å². The van der Waals surface area contributed by atoms with E-state index in [9.17, 15) is 9.59 Å². The predicted molar refractivity (Wildman–Crippen MR) is 92.7 cm³/mol. The molecule has 1 aromatic carbocycles. The summed E-state index contributed by atoms with van der Waals surface area (Å²) < 4.78 is 0. The van der Waals surface area contributed by atoms with Crippen LogP contribution in [0.25, 0.3) is 0 Å². The first-order valence-electron chi connectivity index (χ1n) is 8.39. The summed E-state index contributed by atoms with van der Waals surface area (Å²) in [5.74, 6) is 0.0451. The van der Waals surface area contributed by atoms with E-state index in [1.807, 2.05) is 36.2 Å². The highest BCUT2D eigenvalue weighted by molar-refractivity contribution is 5.96. The van der Waals surface area contributed by atoms with E-state index < -0.39 is 0 Å². The summed E-state index contributed by atoms with van der Waals surface area (Å²) in [7, 11) is 2.07. The Morgan fingerprint density at radius 1 is 1.12 bits per heavy atom. The van der Waals surface area contributed by atoms with Gasteiger partial charge in [-0.3, -0.25) is 10.2 Å². The number of piperazine rings is 1. The van der Waals surface area contributed by atoms with Crippen LogP contribution >= 0.6 is 0 Å². The molecule has 1 atom stereocenters. The monoisotopic (exact) mass is 331 g/mol. The van der Waals surface area contributed by atoms with E-state index in [0.29, 0.717) is 13.0 Å². The molecule has 0 radical (unpaired) electrons. The van der Waals surface area contributed by atoms with Crippen LogP contribution in [0.1, 0.15) is 12.0 Å². The van der Waals surface area contributed by atoms with Gasteiger partial charge in [0.25, 0.3) is 0 Å².